The molecule has 1 aliphatic heterocycles. The number of amides is 1. The maximum absolute atomic E-state index is 12.1. The average molecular weight is 284 g/mol. The lowest BCUT2D eigenvalue weighted by Crippen LogP contribution is -2.24. The van der Waals surface area contributed by atoms with Gasteiger partial charge in [-0.1, -0.05) is 0 Å². The molecule has 1 amide bonds. The van der Waals surface area contributed by atoms with Crippen LogP contribution in [0.25, 0.3) is 0 Å². The molecule has 6 heteroatoms. The molecule has 0 unspecified atom stereocenters. The number of nitrogens with one attached hydrogen (secondary N) is 2. The number of hydrogen-bond donors (Lipinski definition) is 2. The summed E-state index contributed by atoms with van der Waals surface area (Å²) >= 11 is 0. The molecule has 108 valence electrons. The Balaban J connectivity index is 1.80. The normalized spacial score (nSPS) is 13.7. The lowest BCUT2D eigenvalue weighted by molar-refractivity contribution is 0.102. The summed E-state index contributed by atoms with van der Waals surface area (Å²) in [4.78, 5) is 31.5. The van der Waals surface area contributed by atoms with Gasteiger partial charge in [0.15, 0.2) is 0 Å². The van der Waals surface area contributed by atoms with Gasteiger partial charge in [0.2, 0.25) is 0 Å². The number of fused-ring (bicyclic) bond motifs is 1. The third-order valence-corrected chi connectivity index (χ3v) is 3.59. The molecule has 2 aromatic rings. The van der Waals surface area contributed by atoms with Crippen LogP contribution < -0.4 is 15.8 Å². The van der Waals surface area contributed by atoms with Crippen molar-refractivity contribution in [3.05, 3.63) is 52.2 Å². The molecule has 2 N–H and O–H groups in total. The number of benzene rings is 1. The van der Waals surface area contributed by atoms with Gasteiger partial charge >= 0.3 is 0 Å². The van der Waals surface area contributed by atoms with Gasteiger partial charge in [-0.25, -0.2) is 4.98 Å². The minimum atomic E-state index is -0.338. The molecule has 0 saturated carbocycles. The van der Waals surface area contributed by atoms with Crippen LogP contribution in [0.15, 0.2) is 35.4 Å². The molecule has 1 aliphatic rings. The van der Waals surface area contributed by atoms with Crippen LogP contribution in [-0.4, -0.2) is 29.5 Å². The van der Waals surface area contributed by atoms with E-state index in [4.69, 9.17) is 0 Å². The van der Waals surface area contributed by atoms with Crippen molar-refractivity contribution in [3.63, 3.8) is 0 Å². The maximum Gasteiger partial charge on any atom is 0.275 e. The van der Waals surface area contributed by atoms with E-state index in [0.29, 0.717) is 0 Å². The van der Waals surface area contributed by atoms with Crippen LogP contribution in [0.1, 0.15) is 22.5 Å². The zero-order valence-electron chi connectivity index (χ0n) is 11.7. The smallest absolute Gasteiger partial charge is 0.275 e. The molecule has 3 rings (SSSR count). The number of aryl methyl sites for hydroxylation is 1. The van der Waals surface area contributed by atoms with Gasteiger partial charge in [0.25, 0.3) is 11.5 Å². The SMILES string of the molecule is CN1CCCc2cc(NC(=O)c3c[nH]c(=O)cn3)ccc21. The summed E-state index contributed by atoms with van der Waals surface area (Å²) in [5, 5.41) is 2.80. The summed E-state index contributed by atoms with van der Waals surface area (Å²) in [6.45, 7) is 1.06. The van der Waals surface area contributed by atoms with Gasteiger partial charge in [-0.15, -0.1) is 0 Å². The predicted octanol–water partition coefficient (Wildman–Crippen LogP) is 1.40. The van der Waals surface area contributed by atoms with E-state index in [0.717, 1.165) is 31.3 Å². The number of anilines is 2. The quantitative estimate of drug-likeness (QED) is 0.874. The molecule has 1 aromatic heterocycles. The van der Waals surface area contributed by atoms with E-state index in [2.05, 4.69) is 27.2 Å². The molecule has 0 spiro atoms. The number of hydrogen-bond acceptors (Lipinski definition) is 4. The topological polar surface area (TPSA) is 78.1 Å². The van der Waals surface area contributed by atoms with E-state index >= 15 is 0 Å². The van der Waals surface area contributed by atoms with Crippen LogP contribution in [0.4, 0.5) is 11.4 Å². The lowest BCUT2D eigenvalue weighted by Gasteiger charge is -2.27. The molecule has 21 heavy (non-hydrogen) atoms. The van der Waals surface area contributed by atoms with Crippen molar-refractivity contribution < 1.29 is 4.79 Å². The zero-order valence-corrected chi connectivity index (χ0v) is 11.7. The number of aromatic nitrogens is 2. The second-order valence-electron chi connectivity index (χ2n) is 5.12. The van der Waals surface area contributed by atoms with Crippen molar-refractivity contribution in [3.8, 4) is 0 Å². The number of H-pyrrole nitrogens is 1. The minimum absolute atomic E-state index is 0.185. The Morgan fingerprint density at radius 1 is 1.43 bits per heavy atom. The van der Waals surface area contributed by atoms with E-state index in [9.17, 15) is 9.59 Å². The van der Waals surface area contributed by atoms with E-state index < -0.39 is 0 Å². The predicted molar refractivity (Wildman–Crippen MR) is 80.8 cm³/mol. The van der Waals surface area contributed by atoms with Crippen LogP contribution in [0.2, 0.25) is 0 Å². The van der Waals surface area contributed by atoms with Gasteiger partial charge in [-0.3, -0.25) is 9.59 Å². The molecule has 0 atom stereocenters. The van der Waals surface area contributed by atoms with Crippen molar-refractivity contribution in [2.24, 2.45) is 0 Å². The van der Waals surface area contributed by atoms with E-state index in [-0.39, 0.29) is 17.2 Å². The minimum Gasteiger partial charge on any atom is -0.374 e. The zero-order chi connectivity index (χ0) is 14.8. The Hall–Kier alpha value is -2.63. The number of aromatic amines is 1. The van der Waals surface area contributed by atoms with Crippen molar-refractivity contribution >= 4 is 17.3 Å². The van der Waals surface area contributed by atoms with Crippen molar-refractivity contribution in [2.45, 2.75) is 12.8 Å². The first-order chi connectivity index (χ1) is 10.1. The lowest BCUT2D eigenvalue weighted by atomic mass is 10.0. The standard InChI is InChI=1S/C15H16N4O2/c1-19-6-2-3-10-7-11(4-5-13(10)19)18-15(21)12-8-17-14(20)9-16-12/h4-5,7-9H,2-3,6H2,1H3,(H,17,20)(H,18,21). The first-order valence-corrected chi connectivity index (χ1v) is 6.83. The van der Waals surface area contributed by atoms with Crippen molar-refractivity contribution in [1.82, 2.24) is 9.97 Å². The second kappa shape index (κ2) is 5.40. The Morgan fingerprint density at radius 2 is 2.29 bits per heavy atom. The monoisotopic (exact) mass is 284 g/mol. The van der Waals surface area contributed by atoms with Gasteiger partial charge in [0.1, 0.15) is 5.69 Å². The van der Waals surface area contributed by atoms with Gasteiger partial charge in [0, 0.05) is 31.2 Å². The Kier molecular flexibility index (Phi) is 3.43. The highest BCUT2D eigenvalue weighted by Crippen LogP contribution is 2.28. The summed E-state index contributed by atoms with van der Waals surface area (Å²) in [6.07, 6.45) is 4.53. The van der Waals surface area contributed by atoms with Gasteiger partial charge < -0.3 is 15.2 Å². The molecule has 2 heterocycles. The highest BCUT2D eigenvalue weighted by molar-refractivity contribution is 6.02. The maximum atomic E-state index is 12.1. The number of nitrogens with zero attached hydrogens (tertiary/aromatic N) is 2. The molecule has 0 saturated heterocycles. The van der Waals surface area contributed by atoms with Crippen molar-refractivity contribution in [1.29, 1.82) is 0 Å². The average Bonchev–Trinajstić information content (AvgIpc) is 2.48. The van der Waals surface area contributed by atoms with Crippen LogP contribution in [0.3, 0.4) is 0 Å². The number of carbonyl (C=O) groups excluding carboxylic acids is 1. The fourth-order valence-corrected chi connectivity index (χ4v) is 2.52. The third-order valence-electron chi connectivity index (χ3n) is 3.59. The first-order valence-electron chi connectivity index (χ1n) is 6.83. The molecule has 0 fully saturated rings. The van der Waals surface area contributed by atoms with E-state index in [1.807, 2.05) is 18.2 Å². The second-order valence-corrected chi connectivity index (χ2v) is 5.12. The fourth-order valence-electron chi connectivity index (χ4n) is 2.52. The summed E-state index contributed by atoms with van der Waals surface area (Å²) in [7, 11) is 2.07. The summed E-state index contributed by atoms with van der Waals surface area (Å²) in [5.41, 5.74) is 3.03. The molecular formula is C15H16N4O2. The Morgan fingerprint density at radius 3 is 3.05 bits per heavy atom. The summed E-state index contributed by atoms with van der Waals surface area (Å²) in [5.74, 6) is -0.338. The summed E-state index contributed by atoms with van der Waals surface area (Å²) in [6, 6.07) is 5.89. The van der Waals surface area contributed by atoms with Crippen LogP contribution in [-0.2, 0) is 6.42 Å². The van der Waals surface area contributed by atoms with E-state index in [1.165, 1.54) is 17.4 Å². The molecule has 0 aliphatic carbocycles. The van der Waals surface area contributed by atoms with Gasteiger partial charge in [-0.05, 0) is 36.6 Å². The molecule has 0 bridgehead atoms. The highest BCUT2D eigenvalue weighted by Gasteiger charge is 2.15. The summed E-state index contributed by atoms with van der Waals surface area (Å²) < 4.78 is 0. The fraction of sp³-hybridized carbons (Fsp3) is 0.267. The van der Waals surface area contributed by atoms with Crippen molar-refractivity contribution in [2.75, 3.05) is 23.8 Å². The van der Waals surface area contributed by atoms with Crippen LogP contribution in [0.5, 0.6) is 0 Å². The number of rotatable bonds is 2. The molecule has 1 aromatic carbocycles. The molecular weight excluding hydrogens is 268 g/mol. The van der Waals surface area contributed by atoms with E-state index in [1.54, 1.807) is 0 Å². The first kappa shape index (κ1) is 13.4. The Labute approximate surface area is 121 Å². The largest absolute Gasteiger partial charge is 0.374 e. The van der Waals surface area contributed by atoms with Crippen LogP contribution in [0, 0.1) is 0 Å². The van der Waals surface area contributed by atoms with Crippen LogP contribution >= 0.6 is 0 Å². The van der Waals surface area contributed by atoms with Gasteiger partial charge in [-0.2, -0.15) is 0 Å². The third kappa shape index (κ3) is 2.79. The molecule has 0 radical (unpaired) electrons. The number of carbonyl (C=O) groups is 1. The molecule has 6 nitrogen and oxygen atoms in total. The van der Waals surface area contributed by atoms with Gasteiger partial charge in [0.05, 0.1) is 6.20 Å². The highest BCUT2D eigenvalue weighted by atomic mass is 16.2. The Bertz CT molecular complexity index is 718.